The fraction of sp³-hybridized carbons (Fsp3) is 0.325. The Labute approximate surface area is 272 Å². The van der Waals surface area contributed by atoms with Gasteiger partial charge in [-0.25, -0.2) is 0 Å². The lowest BCUT2D eigenvalue weighted by Crippen LogP contribution is -2.67. The van der Waals surface area contributed by atoms with Gasteiger partial charge in [0, 0.05) is 19.1 Å². The van der Waals surface area contributed by atoms with Gasteiger partial charge in [0.25, 0.3) is 16.6 Å². The van der Waals surface area contributed by atoms with Gasteiger partial charge in [0.1, 0.15) is 0 Å². The molecule has 0 aliphatic heterocycles. The first-order valence-electron chi connectivity index (χ1n) is 16.2. The number of hydrogen-bond acceptors (Lipinski definition) is 3. The minimum Gasteiger partial charge on any atom is -0.407 e. The van der Waals surface area contributed by atoms with Gasteiger partial charge >= 0.3 is 0 Å². The van der Waals surface area contributed by atoms with Crippen molar-refractivity contribution in [3.05, 3.63) is 133 Å². The molecule has 45 heavy (non-hydrogen) atoms. The molecule has 234 valence electrons. The largest absolute Gasteiger partial charge is 0.407 e. The van der Waals surface area contributed by atoms with E-state index in [0.717, 1.165) is 6.42 Å². The van der Waals surface area contributed by atoms with E-state index in [2.05, 4.69) is 163 Å². The summed E-state index contributed by atoms with van der Waals surface area (Å²) < 4.78 is 14.7. The maximum Gasteiger partial charge on any atom is 0.261 e. The monoisotopic (exact) mass is 632 g/mol. The quantitative estimate of drug-likeness (QED) is 0.179. The third kappa shape index (κ3) is 6.50. The Morgan fingerprint density at radius 3 is 1.22 bits per heavy atom. The van der Waals surface area contributed by atoms with Gasteiger partial charge in [0.2, 0.25) is 0 Å². The number of hydrogen-bond donors (Lipinski definition) is 0. The van der Waals surface area contributed by atoms with Crippen molar-refractivity contribution in [2.24, 2.45) is 11.8 Å². The third-order valence-corrected chi connectivity index (χ3v) is 19.5. The van der Waals surface area contributed by atoms with Crippen molar-refractivity contribution >= 4 is 43.2 Å². The van der Waals surface area contributed by atoms with Crippen LogP contribution in [0.1, 0.15) is 48.0 Å². The average Bonchev–Trinajstić information content (AvgIpc) is 3.03. The van der Waals surface area contributed by atoms with Gasteiger partial charge in [-0.3, -0.25) is 4.79 Å². The van der Waals surface area contributed by atoms with Crippen molar-refractivity contribution in [2.45, 2.75) is 58.0 Å². The SMILES string of the molecule is CC(C)(C)[Si](OC[C@H]1CC=CC(=O)[C@@H]1CO[Si](c1ccccc1)(c1ccccc1)C(C)(C)C)(c1ccccc1)c1ccccc1. The van der Waals surface area contributed by atoms with Gasteiger partial charge in [-0.1, -0.05) is 169 Å². The Morgan fingerprint density at radius 2 is 0.889 bits per heavy atom. The normalized spacial score (nSPS) is 17.8. The fourth-order valence-corrected chi connectivity index (χ4v) is 16.5. The maximum atomic E-state index is 13.7. The molecule has 2 atom stereocenters. The summed E-state index contributed by atoms with van der Waals surface area (Å²) >= 11 is 0. The van der Waals surface area contributed by atoms with E-state index in [1.165, 1.54) is 20.7 Å². The van der Waals surface area contributed by atoms with E-state index >= 15 is 0 Å². The molecule has 3 nitrogen and oxygen atoms in total. The van der Waals surface area contributed by atoms with Crippen LogP contribution in [0.4, 0.5) is 0 Å². The van der Waals surface area contributed by atoms with Crippen molar-refractivity contribution in [2.75, 3.05) is 13.2 Å². The molecule has 0 unspecified atom stereocenters. The molecule has 0 amide bonds. The number of rotatable bonds is 10. The summed E-state index contributed by atoms with van der Waals surface area (Å²) in [4.78, 5) is 13.7. The second-order valence-corrected chi connectivity index (χ2v) is 23.0. The molecule has 0 bridgehead atoms. The average molecular weight is 633 g/mol. The Hall–Kier alpha value is -3.36. The highest BCUT2D eigenvalue weighted by Crippen LogP contribution is 2.40. The molecule has 0 fully saturated rings. The van der Waals surface area contributed by atoms with Crippen molar-refractivity contribution in [1.29, 1.82) is 0 Å². The van der Waals surface area contributed by atoms with Gasteiger partial charge in [0.05, 0.1) is 0 Å². The molecule has 0 radical (unpaired) electrons. The zero-order valence-electron chi connectivity index (χ0n) is 27.7. The number of allylic oxidation sites excluding steroid dienone is 2. The molecule has 0 aromatic heterocycles. The van der Waals surface area contributed by atoms with Crippen LogP contribution in [0.3, 0.4) is 0 Å². The Morgan fingerprint density at radius 1 is 0.556 bits per heavy atom. The van der Waals surface area contributed by atoms with Crippen LogP contribution in [0.25, 0.3) is 0 Å². The lowest BCUT2D eigenvalue weighted by atomic mass is 9.83. The Kier molecular flexibility index (Phi) is 9.95. The van der Waals surface area contributed by atoms with E-state index in [1.807, 2.05) is 6.08 Å². The minimum atomic E-state index is -2.80. The summed E-state index contributed by atoms with van der Waals surface area (Å²) in [6, 6.07) is 42.8. The zero-order chi connectivity index (χ0) is 32.1. The first-order valence-corrected chi connectivity index (χ1v) is 20.0. The van der Waals surface area contributed by atoms with Crippen LogP contribution in [0.5, 0.6) is 0 Å². The molecule has 5 heteroatoms. The first kappa shape index (κ1) is 33.0. The topological polar surface area (TPSA) is 35.5 Å². The maximum absolute atomic E-state index is 13.7. The lowest BCUT2D eigenvalue weighted by molar-refractivity contribution is -0.122. The highest BCUT2D eigenvalue weighted by Gasteiger charge is 2.52. The van der Waals surface area contributed by atoms with E-state index in [9.17, 15) is 4.79 Å². The van der Waals surface area contributed by atoms with Gasteiger partial charge < -0.3 is 8.85 Å². The summed E-state index contributed by atoms with van der Waals surface area (Å²) in [6.07, 6.45) is 4.58. The van der Waals surface area contributed by atoms with E-state index in [4.69, 9.17) is 8.85 Å². The van der Waals surface area contributed by atoms with Gasteiger partial charge in [-0.2, -0.15) is 0 Å². The van der Waals surface area contributed by atoms with Crippen LogP contribution in [0, 0.1) is 11.8 Å². The third-order valence-electron chi connectivity index (χ3n) is 9.48. The Bertz CT molecular complexity index is 1480. The molecule has 0 N–H and O–H groups in total. The Balaban J connectivity index is 1.51. The molecule has 0 spiro atoms. The highest BCUT2D eigenvalue weighted by molar-refractivity contribution is 7.00. The summed E-state index contributed by atoms with van der Waals surface area (Å²) in [5.41, 5.74) is 0. The molecule has 1 aliphatic carbocycles. The predicted octanol–water partition coefficient (Wildman–Crippen LogP) is 6.90. The van der Waals surface area contributed by atoms with Crippen LogP contribution < -0.4 is 20.7 Å². The van der Waals surface area contributed by atoms with Crippen LogP contribution in [0.2, 0.25) is 10.1 Å². The van der Waals surface area contributed by atoms with Crippen LogP contribution in [-0.2, 0) is 13.6 Å². The highest BCUT2D eigenvalue weighted by atomic mass is 28.4. The molecule has 0 saturated carbocycles. The molecular formula is C40H48O3Si2. The zero-order valence-corrected chi connectivity index (χ0v) is 29.7. The molecule has 5 rings (SSSR count). The number of ketones is 1. The van der Waals surface area contributed by atoms with Gasteiger partial charge in [0.15, 0.2) is 5.78 Å². The van der Waals surface area contributed by atoms with Gasteiger partial charge in [-0.05, 0) is 49.2 Å². The molecule has 0 heterocycles. The van der Waals surface area contributed by atoms with Gasteiger partial charge in [-0.15, -0.1) is 0 Å². The molecule has 4 aromatic rings. The molecule has 4 aromatic carbocycles. The van der Waals surface area contributed by atoms with E-state index < -0.39 is 16.6 Å². The first-order chi connectivity index (χ1) is 21.5. The van der Waals surface area contributed by atoms with Crippen LogP contribution >= 0.6 is 0 Å². The second kappa shape index (κ2) is 13.6. The molecule has 0 saturated heterocycles. The standard InChI is InChI=1S/C40H48O3Si2/c1-39(2,3)44(33-21-11-7-12-22-33,34-23-13-8-14-24-34)42-30-32-20-19-29-38(41)37(32)31-43-45(40(4,5)6,35-25-15-9-16-26-35)36-27-17-10-18-28-36/h7-19,21-29,32,37H,20,30-31H2,1-6H3/t32-,37-/m1/s1. The van der Waals surface area contributed by atoms with Crippen LogP contribution in [-0.4, -0.2) is 35.6 Å². The van der Waals surface area contributed by atoms with Crippen molar-refractivity contribution in [1.82, 2.24) is 0 Å². The number of carbonyl (C=O) groups is 1. The summed E-state index contributed by atoms with van der Waals surface area (Å²) in [6.45, 7) is 14.6. The summed E-state index contributed by atoms with van der Waals surface area (Å²) in [5.74, 6) is -0.132. The predicted molar refractivity (Wildman–Crippen MR) is 193 cm³/mol. The van der Waals surface area contributed by atoms with E-state index in [-0.39, 0.29) is 27.7 Å². The van der Waals surface area contributed by atoms with Crippen LogP contribution in [0.15, 0.2) is 133 Å². The van der Waals surface area contributed by atoms with Crippen molar-refractivity contribution in [3.63, 3.8) is 0 Å². The molecule has 1 aliphatic rings. The second-order valence-electron chi connectivity index (χ2n) is 14.4. The fourth-order valence-electron chi connectivity index (χ4n) is 7.25. The van der Waals surface area contributed by atoms with E-state index in [1.54, 1.807) is 6.08 Å². The van der Waals surface area contributed by atoms with Crippen molar-refractivity contribution in [3.8, 4) is 0 Å². The molecular weight excluding hydrogens is 585 g/mol. The summed E-state index contributed by atoms with van der Waals surface area (Å²) in [7, 11) is -5.54. The van der Waals surface area contributed by atoms with Crippen molar-refractivity contribution < 1.29 is 13.6 Å². The lowest BCUT2D eigenvalue weighted by Gasteiger charge is -2.45. The summed E-state index contributed by atoms with van der Waals surface area (Å²) in [5, 5.41) is 4.66. The number of carbonyl (C=O) groups excluding carboxylic acids is 1. The number of benzene rings is 4. The smallest absolute Gasteiger partial charge is 0.261 e. The van der Waals surface area contributed by atoms with E-state index in [0.29, 0.717) is 13.2 Å². The minimum absolute atomic E-state index is 0.0161.